The van der Waals surface area contributed by atoms with Crippen LogP contribution in [-0.2, 0) is 0 Å². The van der Waals surface area contributed by atoms with Gasteiger partial charge in [0.15, 0.2) is 0 Å². The Hall–Kier alpha value is -0.110. The molecule has 0 aliphatic carbocycles. The van der Waals surface area contributed by atoms with Crippen molar-refractivity contribution >= 4 is 34.8 Å². The van der Waals surface area contributed by atoms with Crippen molar-refractivity contribution in [1.82, 2.24) is 0 Å². The van der Waals surface area contributed by atoms with E-state index in [9.17, 15) is 0 Å². The maximum atomic E-state index is 5.92. The van der Waals surface area contributed by atoms with Crippen molar-refractivity contribution < 1.29 is 4.74 Å². The number of unbranched alkanes of at least 4 members (excludes halogenated alkanes) is 5. The van der Waals surface area contributed by atoms with Gasteiger partial charge in [0, 0.05) is 12.1 Å². The number of benzene rings is 1. The van der Waals surface area contributed by atoms with E-state index in [1.807, 2.05) is 0 Å². The minimum atomic E-state index is 0.380. The van der Waals surface area contributed by atoms with E-state index in [1.54, 1.807) is 12.1 Å². The first-order valence-electron chi connectivity index (χ1n) is 6.42. The Bertz CT molecular complexity index is 343. The van der Waals surface area contributed by atoms with E-state index in [-0.39, 0.29) is 0 Å². The smallest absolute Gasteiger partial charge is 0.122 e. The Labute approximate surface area is 124 Å². The van der Waals surface area contributed by atoms with Crippen molar-refractivity contribution in [3.63, 3.8) is 0 Å². The predicted octanol–water partition coefficient (Wildman–Crippen LogP) is 6.39. The van der Waals surface area contributed by atoms with Crippen LogP contribution in [0.3, 0.4) is 0 Å². The highest BCUT2D eigenvalue weighted by Gasteiger charge is 2.06. The van der Waals surface area contributed by atoms with Crippen molar-refractivity contribution in [2.75, 3.05) is 6.61 Å². The van der Waals surface area contributed by atoms with Crippen LogP contribution in [0, 0.1) is 0 Å². The van der Waals surface area contributed by atoms with Crippen LogP contribution in [0.2, 0.25) is 15.1 Å². The molecule has 0 N–H and O–H groups in total. The summed E-state index contributed by atoms with van der Waals surface area (Å²) in [6.07, 6.45) is 7.45. The molecule has 0 spiro atoms. The third kappa shape index (κ3) is 5.69. The summed E-state index contributed by atoms with van der Waals surface area (Å²) in [4.78, 5) is 0. The first kappa shape index (κ1) is 15.9. The van der Waals surface area contributed by atoms with Gasteiger partial charge < -0.3 is 4.74 Å². The Morgan fingerprint density at radius 2 is 1.44 bits per heavy atom. The summed E-state index contributed by atoms with van der Waals surface area (Å²) >= 11 is 17.7. The number of ether oxygens (including phenoxy) is 1. The van der Waals surface area contributed by atoms with E-state index in [1.165, 1.54) is 32.1 Å². The second-order valence-corrected chi connectivity index (χ2v) is 5.51. The summed E-state index contributed by atoms with van der Waals surface area (Å²) in [5, 5.41) is 1.24. The second-order valence-electron chi connectivity index (χ2n) is 4.32. The first-order valence-corrected chi connectivity index (χ1v) is 7.56. The molecule has 0 unspecified atom stereocenters. The van der Waals surface area contributed by atoms with Gasteiger partial charge in [-0.2, -0.15) is 0 Å². The number of hydrogen-bond donors (Lipinski definition) is 0. The molecule has 0 saturated carbocycles. The zero-order valence-electron chi connectivity index (χ0n) is 10.6. The van der Waals surface area contributed by atoms with Gasteiger partial charge in [-0.25, -0.2) is 0 Å². The minimum Gasteiger partial charge on any atom is -0.493 e. The molecule has 1 nitrogen and oxygen atoms in total. The lowest BCUT2D eigenvalue weighted by atomic mass is 10.1. The summed E-state index contributed by atoms with van der Waals surface area (Å²) in [6.45, 7) is 2.91. The molecular formula is C14H19Cl3O. The molecule has 0 fully saturated rings. The molecule has 0 aromatic heterocycles. The predicted molar refractivity (Wildman–Crippen MR) is 80.3 cm³/mol. The Morgan fingerprint density at radius 1 is 0.889 bits per heavy atom. The fourth-order valence-electron chi connectivity index (χ4n) is 1.69. The number of halogens is 3. The molecule has 0 aliphatic heterocycles. The Kier molecular flexibility index (Phi) is 7.88. The highest BCUT2D eigenvalue weighted by Crippen LogP contribution is 2.34. The van der Waals surface area contributed by atoms with Crippen LogP contribution in [0.1, 0.15) is 45.4 Å². The quantitative estimate of drug-likeness (QED) is 0.399. The zero-order valence-corrected chi connectivity index (χ0v) is 12.9. The van der Waals surface area contributed by atoms with Crippen molar-refractivity contribution in [3.05, 3.63) is 27.2 Å². The number of hydrogen-bond acceptors (Lipinski definition) is 1. The zero-order chi connectivity index (χ0) is 13.4. The van der Waals surface area contributed by atoms with E-state index in [0.717, 1.165) is 6.42 Å². The lowest BCUT2D eigenvalue weighted by molar-refractivity contribution is 0.304. The van der Waals surface area contributed by atoms with Crippen LogP contribution < -0.4 is 4.74 Å². The lowest BCUT2D eigenvalue weighted by Gasteiger charge is -2.08. The molecule has 0 amide bonds. The molecule has 0 radical (unpaired) electrons. The summed E-state index contributed by atoms with van der Waals surface area (Å²) in [6, 6.07) is 3.40. The molecule has 0 aliphatic rings. The fraction of sp³-hybridized carbons (Fsp3) is 0.571. The summed E-state index contributed by atoms with van der Waals surface area (Å²) in [7, 11) is 0. The average Bonchev–Trinajstić information content (AvgIpc) is 2.34. The van der Waals surface area contributed by atoms with E-state index >= 15 is 0 Å². The van der Waals surface area contributed by atoms with E-state index in [4.69, 9.17) is 39.5 Å². The van der Waals surface area contributed by atoms with Crippen LogP contribution in [-0.4, -0.2) is 6.61 Å². The third-order valence-electron chi connectivity index (χ3n) is 2.72. The van der Waals surface area contributed by atoms with Crippen LogP contribution in [0.4, 0.5) is 0 Å². The maximum Gasteiger partial charge on any atom is 0.122 e. The van der Waals surface area contributed by atoms with Gasteiger partial charge in [0.1, 0.15) is 5.75 Å². The molecule has 0 heterocycles. The fourth-order valence-corrected chi connectivity index (χ4v) is 2.26. The molecule has 18 heavy (non-hydrogen) atoms. The largest absolute Gasteiger partial charge is 0.493 e. The monoisotopic (exact) mass is 308 g/mol. The number of rotatable bonds is 8. The van der Waals surface area contributed by atoms with E-state index < -0.39 is 0 Å². The standard InChI is InChI=1S/C14H19Cl3O/c1-2-3-4-5-6-7-8-18-11-9-12(15)14(17)13(16)10-11/h9-10H,2-8H2,1H3. The van der Waals surface area contributed by atoms with Gasteiger partial charge in [-0.15, -0.1) is 0 Å². The van der Waals surface area contributed by atoms with Crippen molar-refractivity contribution in [2.45, 2.75) is 45.4 Å². The van der Waals surface area contributed by atoms with Gasteiger partial charge in [0.05, 0.1) is 21.7 Å². The third-order valence-corrected chi connectivity index (χ3v) is 3.92. The molecule has 4 heteroatoms. The second kappa shape index (κ2) is 8.90. The van der Waals surface area contributed by atoms with Gasteiger partial charge in [-0.1, -0.05) is 73.8 Å². The van der Waals surface area contributed by atoms with Crippen LogP contribution >= 0.6 is 34.8 Å². The molecule has 1 rings (SSSR count). The SMILES string of the molecule is CCCCCCCCOc1cc(Cl)c(Cl)c(Cl)c1. The van der Waals surface area contributed by atoms with E-state index in [2.05, 4.69) is 6.92 Å². The normalized spacial score (nSPS) is 10.7. The molecule has 0 atom stereocenters. The average molecular weight is 310 g/mol. The molecule has 0 saturated heterocycles. The van der Waals surface area contributed by atoms with Crippen LogP contribution in [0.25, 0.3) is 0 Å². The lowest BCUT2D eigenvalue weighted by Crippen LogP contribution is -1.97. The first-order chi connectivity index (χ1) is 8.65. The van der Waals surface area contributed by atoms with Gasteiger partial charge in [-0.3, -0.25) is 0 Å². The van der Waals surface area contributed by atoms with Gasteiger partial charge in [-0.05, 0) is 6.42 Å². The summed E-state index contributed by atoms with van der Waals surface area (Å²) < 4.78 is 5.60. The summed E-state index contributed by atoms with van der Waals surface area (Å²) in [5.74, 6) is 0.683. The molecule has 102 valence electrons. The maximum absolute atomic E-state index is 5.92. The highest BCUT2D eigenvalue weighted by molar-refractivity contribution is 6.48. The van der Waals surface area contributed by atoms with Crippen molar-refractivity contribution in [3.8, 4) is 5.75 Å². The molecular weight excluding hydrogens is 291 g/mol. The topological polar surface area (TPSA) is 9.23 Å². The molecule has 1 aromatic rings. The van der Waals surface area contributed by atoms with Gasteiger partial charge in [0.25, 0.3) is 0 Å². The van der Waals surface area contributed by atoms with E-state index in [0.29, 0.717) is 27.4 Å². The van der Waals surface area contributed by atoms with Crippen LogP contribution in [0.15, 0.2) is 12.1 Å². The molecule has 0 bridgehead atoms. The Morgan fingerprint density at radius 3 is 2.06 bits per heavy atom. The van der Waals surface area contributed by atoms with Crippen molar-refractivity contribution in [2.24, 2.45) is 0 Å². The highest BCUT2D eigenvalue weighted by atomic mass is 35.5. The van der Waals surface area contributed by atoms with Crippen molar-refractivity contribution in [1.29, 1.82) is 0 Å². The molecule has 1 aromatic carbocycles. The minimum absolute atomic E-state index is 0.380. The van der Waals surface area contributed by atoms with Gasteiger partial charge in [0.2, 0.25) is 0 Å². The Balaban J connectivity index is 2.23. The summed E-state index contributed by atoms with van der Waals surface area (Å²) in [5.41, 5.74) is 0. The van der Waals surface area contributed by atoms with Gasteiger partial charge >= 0.3 is 0 Å². The van der Waals surface area contributed by atoms with Crippen LogP contribution in [0.5, 0.6) is 5.75 Å².